The average molecular weight is 473 g/mol. The summed E-state index contributed by atoms with van der Waals surface area (Å²) in [5.41, 5.74) is 5.02. The first-order chi connectivity index (χ1) is 17.0. The molecular formula is C28H28N2O5. The van der Waals surface area contributed by atoms with Crippen molar-refractivity contribution in [3.05, 3.63) is 83.1 Å². The van der Waals surface area contributed by atoms with Crippen molar-refractivity contribution in [2.45, 2.75) is 24.8 Å². The monoisotopic (exact) mass is 472 g/mol. The Labute approximate surface area is 204 Å². The molecule has 0 radical (unpaired) electrons. The lowest BCUT2D eigenvalue weighted by Gasteiger charge is -2.30. The lowest BCUT2D eigenvalue weighted by atomic mass is 9.78. The molecule has 0 aromatic heterocycles. The van der Waals surface area contributed by atoms with Gasteiger partial charge in [0.1, 0.15) is 11.5 Å². The van der Waals surface area contributed by atoms with Crippen LogP contribution in [0.5, 0.6) is 23.0 Å². The van der Waals surface area contributed by atoms with Crippen molar-refractivity contribution in [1.29, 1.82) is 0 Å². The first-order valence-corrected chi connectivity index (χ1v) is 11.5. The summed E-state index contributed by atoms with van der Waals surface area (Å²) in [7, 11) is 4.77. The molecule has 180 valence electrons. The fraction of sp³-hybridized carbons (Fsp3) is 0.250. The molecule has 1 aliphatic heterocycles. The molecule has 0 spiro atoms. The van der Waals surface area contributed by atoms with Gasteiger partial charge in [-0.25, -0.2) is 0 Å². The highest BCUT2D eigenvalue weighted by Gasteiger charge is 2.37. The number of aromatic hydroxyl groups is 1. The van der Waals surface area contributed by atoms with Crippen LogP contribution in [-0.2, 0) is 4.79 Å². The second kappa shape index (κ2) is 9.25. The average Bonchev–Trinajstić information content (AvgIpc) is 3.05. The van der Waals surface area contributed by atoms with Crippen LogP contribution in [0, 0.1) is 0 Å². The zero-order valence-corrected chi connectivity index (χ0v) is 19.9. The molecule has 0 saturated carbocycles. The van der Waals surface area contributed by atoms with E-state index in [1.54, 1.807) is 26.4 Å². The van der Waals surface area contributed by atoms with Crippen molar-refractivity contribution in [3.63, 3.8) is 0 Å². The van der Waals surface area contributed by atoms with E-state index in [4.69, 9.17) is 14.2 Å². The number of carbonyl (C=O) groups excluding carboxylic acids is 1. The highest BCUT2D eigenvalue weighted by Crippen LogP contribution is 2.46. The second-order valence-corrected chi connectivity index (χ2v) is 8.71. The lowest BCUT2D eigenvalue weighted by Crippen LogP contribution is -2.27. The van der Waals surface area contributed by atoms with E-state index in [1.165, 1.54) is 7.11 Å². The van der Waals surface area contributed by atoms with E-state index in [-0.39, 0.29) is 17.5 Å². The van der Waals surface area contributed by atoms with Crippen LogP contribution in [0.2, 0.25) is 0 Å². The van der Waals surface area contributed by atoms with Crippen molar-refractivity contribution in [2.24, 2.45) is 0 Å². The number of methoxy groups -OCH3 is 3. The normalized spacial score (nSPS) is 19.0. The second-order valence-electron chi connectivity index (χ2n) is 8.71. The molecule has 0 amide bonds. The maximum absolute atomic E-state index is 13.8. The number of allylic oxidation sites excluding steroid dienone is 1. The molecule has 2 aliphatic rings. The number of anilines is 2. The third-order valence-electron chi connectivity index (χ3n) is 6.72. The smallest absolute Gasteiger partial charge is 0.163 e. The van der Waals surface area contributed by atoms with Gasteiger partial charge in [-0.2, -0.15) is 0 Å². The molecule has 7 heteroatoms. The molecule has 7 nitrogen and oxygen atoms in total. The van der Waals surface area contributed by atoms with Crippen LogP contribution < -0.4 is 24.8 Å². The molecule has 0 fully saturated rings. The number of rotatable bonds is 5. The van der Waals surface area contributed by atoms with Gasteiger partial charge in [0.05, 0.1) is 38.7 Å². The van der Waals surface area contributed by atoms with Crippen LogP contribution >= 0.6 is 0 Å². The molecule has 1 heterocycles. The van der Waals surface area contributed by atoms with Gasteiger partial charge in [-0.05, 0) is 54.4 Å². The largest absolute Gasteiger partial charge is 0.504 e. The van der Waals surface area contributed by atoms with E-state index in [0.29, 0.717) is 24.2 Å². The Morgan fingerprint density at radius 2 is 1.60 bits per heavy atom. The number of hydrogen-bond donors (Lipinski definition) is 3. The number of phenolic OH excluding ortho intramolecular Hbond substituents is 1. The number of carbonyl (C=O) groups is 1. The van der Waals surface area contributed by atoms with E-state index in [2.05, 4.69) is 10.6 Å². The Bertz CT molecular complexity index is 1320. The van der Waals surface area contributed by atoms with Crippen LogP contribution in [0.15, 0.2) is 71.9 Å². The van der Waals surface area contributed by atoms with Gasteiger partial charge < -0.3 is 30.0 Å². The Kier molecular flexibility index (Phi) is 5.99. The maximum atomic E-state index is 13.8. The summed E-state index contributed by atoms with van der Waals surface area (Å²) in [6.45, 7) is 0. The topological polar surface area (TPSA) is 89.1 Å². The molecule has 3 N–H and O–H groups in total. The van der Waals surface area contributed by atoms with Crippen molar-refractivity contribution in [1.82, 2.24) is 0 Å². The molecule has 0 saturated heterocycles. The predicted octanol–water partition coefficient (Wildman–Crippen LogP) is 5.40. The zero-order chi connectivity index (χ0) is 24.5. The van der Waals surface area contributed by atoms with E-state index < -0.39 is 6.04 Å². The molecule has 5 rings (SSSR count). The number of Topliss-reactive ketones (excluding diaryl/α,β-unsaturated/α-hetero) is 1. The minimum Gasteiger partial charge on any atom is -0.504 e. The summed E-state index contributed by atoms with van der Waals surface area (Å²) in [5, 5.41) is 17.5. The van der Waals surface area contributed by atoms with Gasteiger partial charge in [-0.15, -0.1) is 0 Å². The fourth-order valence-electron chi connectivity index (χ4n) is 5.01. The number of ketones is 1. The third kappa shape index (κ3) is 4.14. The van der Waals surface area contributed by atoms with E-state index in [9.17, 15) is 9.90 Å². The minimum absolute atomic E-state index is 0.0293. The fourth-order valence-corrected chi connectivity index (χ4v) is 5.01. The summed E-state index contributed by atoms with van der Waals surface area (Å²) in [4.78, 5) is 13.8. The van der Waals surface area contributed by atoms with Crippen LogP contribution in [0.25, 0.3) is 0 Å². The summed E-state index contributed by atoms with van der Waals surface area (Å²) < 4.78 is 16.3. The lowest BCUT2D eigenvalue weighted by molar-refractivity contribution is -0.116. The number of ether oxygens (including phenoxy) is 3. The van der Waals surface area contributed by atoms with E-state index in [0.717, 1.165) is 39.7 Å². The Balaban J connectivity index is 1.61. The summed E-state index contributed by atoms with van der Waals surface area (Å²) >= 11 is 0. The maximum Gasteiger partial charge on any atom is 0.163 e. The van der Waals surface area contributed by atoms with Crippen LogP contribution in [-0.4, -0.2) is 32.2 Å². The van der Waals surface area contributed by atoms with Crippen molar-refractivity contribution in [2.75, 3.05) is 32.0 Å². The summed E-state index contributed by atoms with van der Waals surface area (Å²) in [5.74, 6) is 1.83. The molecule has 3 aromatic carbocycles. The Hall–Kier alpha value is -4.13. The van der Waals surface area contributed by atoms with Gasteiger partial charge in [-0.3, -0.25) is 4.79 Å². The van der Waals surface area contributed by atoms with Gasteiger partial charge in [0.15, 0.2) is 17.3 Å². The number of fused-ring (bicyclic) bond motifs is 1. The van der Waals surface area contributed by atoms with Gasteiger partial charge in [-0.1, -0.05) is 18.2 Å². The molecule has 3 aromatic rings. The van der Waals surface area contributed by atoms with E-state index >= 15 is 0 Å². The zero-order valence-electron chi connectivity index (χ0n) is 19.9. The minimum atomic E-state index is -0.432. The highest BCUT2D eigenvalue weighted by molar-refractivity contribution is 6.01. The van der Waals surface area contributed by atoms with Gasteiger partial charge in [0.2, 0.25) is 0 Å². The highest BCUT2D eigenvalue weighted by atomic mass is 16.5. The van der Waals surface area contributed by atoms with Crippen molar-refractivity contribution < 1.29 is 24.1 Å². The molecule has 35 heavy (non-hydrogen) atoms. The quantitative estimate of drug-likeness (QED) is 0.458. The van der Waals surface area contributed by atoms with Crippen LogP contribution in [0.1, 0.15) is 35.9 Å². The summed E-state index contributed by atoms with van der Waals surface area (Å²) in [6.07, 6.45) is 0.958. The molecule has 2 atom stereocenters. The number of phenols is 1. The van der Waals surface area contributed by atoms with E-state index in [1.807, 2.05) is 48.5 Å². The number of hydrogen-bond acceptors (Lipinski definition) is 7. The van der Waals surface area contributed by atoms with Crippen molar-refractivity contribution >= 4 is 17.2 Å². The Morgan fingerprint density at radius 1 is 0.857 bits per heavy atom. The number of para-hydroxylation sites is 2. The molecule has 2 unspecified atom stereocenters. The third-order valence-corrected chi connectivity index (χ3v) is 6.72. The molecule has 0 bridgehead atoms. The van der Waals surface area contributed by atoms with Gasteiger partial charge >= 0.3 is 0 Å². The predicted molar refractivity (Wildman–Crippen MR) is 135 cm³/mol. The number of benzene rings is 3. The first-order valence-electron chi connectivity index (χ1n) is 11.5. The van der Waals surface area contributed by atoms with Crippen LogP contribution in [0.4, 0.5) is 11.4 Å². The molecular weight excluding hydrogens is 444 g/mol. The summed E-state index contributed by atoms with van der Waals surface area (Å²) in [6, 6.07) is 18.4. The Morgan fingerprint density at radius 3 is 2.31 bits per heavy atom. The van der Waals surface area contributed by atoms with Gasteiger partial charge in [0, 0.05) is 29.2 Å². The molecule has 1 aliphatic carbocycles. The number of nitrogens with one attached hydrogen (secondary N) is 2. The van der Waals surface area contributed by atoms with Crippen molar-refractivity contribution in [3.8, 4) is 23.0 Å². The van der Waals surface area contributed by atoms with Crippen LogP contribution in [0.3, 0.4) is 0 Å². The standard InChI is InChI=1S/C28H28N2O5/c1-33-18-9-11-25(34-2)19(15-18)17-12-22-27(24(32)14-17)28(16-8-10-26(35-3)23(31)13-16)30-21-7-5-4-6-20(21)29-22/h4-11,13,15,17,28-31H,12,14H2,1-3H3. The first kappa shape index (κ1) is 22.7. The SMILES string of the molecule is COc1ccc(OC)c(C2CC(=O)C3=C(C2)Nc2ccccc2NC3c2ccc(OC)c(O)c2)c1. The van der Waals surface area contributed by atoms with Gasteiger partial charge in [0.25, 0.3) is 0 Å².